The number of nitrogens with zero attached hydrogens (tertiary/aromatic N) is 3. The van der Waals surface area contributed by atoms with Gasteiger partial charge in [0, 0.05) is 25.8 Å². The molecule has 0 unspecified atom stereocenters. The smallest absolute Gasteiger partial charge is 0.408 e. The van der Waals surface area contributed by atoms with Crippen LogP contribution < -0.4 is 16.0 Å². The van der Waals surface area contributed by atoms with Gasteiger partial charge in [0.25, 0.3) is 5.92 Å². The molecular weight excluding hydrogens is 570 g/mol. The van der Waals surface area contributed by atoms with Crippen molar-refractivity contribution >= 4 is 34.5 Å². The second-order valence-electron chi connectivity index (χ2n) is 12.8. The molecule has 236 valence electrons. The van der Waals surface area contributed by atoms with Crippen LogP contribution in [0.5, 0.6) is 0 Å². The van der Waals surface area contributed by atoms with Crippen molar-refractivity contribution in [2.75, 3.05) is 44.6 Å². The number of thiazole rings is 1. The second kappa shape index (κ2) is 13.4. The van der Waals surface area contributed by atoms with Gasteiger partial charge in [-0.1, -0.05) is 31.1 Å². The fourth-order valence-electron chi connectivity index (χ4n) is 5.71. The lowest BCUT2D eigenvalue weighted by Crippen LogP contribution is -2.59. The standard InChI is InChI=1S/C28H44F2N6O5S/c1-17-6-8-19(9-7-17)22(33-26(39)41-27(3,4)5)23(37)34-24-31-12-21(42-24)20(14-35-10-11-40-18(2)13-35)36-16-28(29,30)15-32-25(36)38/h12,17-20,22H,6-11,13-16H2,1-5H3,(H,32,38)(H,33,39)(H,31,34,37)/t17?,18-,19?,20-,22+/m1/s1. The first-order chi connectivity index (χ1) is 19.7. The van der Waals surface area contributed by atoms with E-state index in [-0.39, 0.29) is 17.2 Å². The molecular formula is C28H44F2N6O5S. The quantitative estimate of drug-likeness (QED) is 0.401. The zero-order chi connectivity index (χ0) is 30.7. The summed E-state index contributed by atoms with van der Waals surface area (Å²) in [5, 5.41) is 8.17. The van der Waals surface area contributed by atoms with Crippen LogP contribution >= 0.6 is 11.3 Å². The van der Waals surface area contributed by atoms with Crippen LogP contribution in [0.4, 0.5) is 23.5 Å². The topological polar surface area (TPSA) is 125 Å². The van der Waals surface area contributed by atoms with Crippen molar-refractivity contribution in [1.82, 2.24) is 25.4 Å². The lowest BCUT2D eigenvalue weighted by molar-refractivity contribution is -0.119. The molecule has 0 radical (unpaired) electrons. The number of ether oxygens (including phenoxy) is 2. The highest BCUT2D eigenvalue weighted by Gasteiger charge is 2.43. The summed E-state index contributed by atoms with van der Waals surface area (Å²) in [5.74, 6) is -3.01. The van der Waals surface area contributed by atoms with Gasteiger partial charge >= 0.3 is 12.1 Å². The van der Waals surface area contributed by atoms with Gasteiger partial charge in [-0.05, 0) is 52.4 Å². The highest BCUT2D eigenvalue weighted by Crippen LogP contribution is 2.35. The number of alkyl carbamates (subject to hydrolysis) is 1. The van der Waals surface area contributed by atoms with Crippen LogP contribution in [0.15, 0.2) is 6.20 Å². The van der Waals surface area contributed by atoms with Crippen LogP contribution in [0.25, 0.3) is 0 Å². The molecule has 11 nitrogen and oxygen atoms in total. The van der Waals surface area contributed by atoms with E-state index in [0.29, 0.717) is 37.0 Å². The molecule has 0 aromatic carbocycles. The molecule has 3 aliphatic rings. The van der Waals surface area contributed by atoms with Crippen LogP contribution in [-0.4, -0.2) is 95.8 Å². The summed E-state index contributed by atoms with van der Waals surface area (Å²) >= 11 is 1.14. The number of alkyl halides is 2. The molecule has 1 aromatic rings. The Morgan fingerprint density at radius 2 is 1.98 bits per heavy atom. The third-order valence-electron chi connectivity index (χ3n) is 7.86. The molecule has 42 heavy (non-hydrogen) atoms. The molecule has 4 amide bonds. The van der Waals surface area contributed by atoms with Gasteiger partial charge in [-0.25, -0.2) is 23.4 Å². The molecule has 1 aromatic heterocycles. The van der Waals surface area contributed by atoms with Crippen molar-refractivity contribution in [1.29, 1.82) is 0 Å². The van der Waals surface area contributed by atoms with Gasteiger partial charge in [0.15, 0.2) is 5.13 Å². The molecule has 2 aliphatic heterocycles. The van der Waals surface area contributed by atoms with Crippen LogP contribution in [-0.2, 0) is 14.3 Å². The molecule has 0 spiro atoms. The predicted octanol–water partition coefficient (Wildman–Crippen LogP) is 4.22. The van der Waals surface area contributed by atoms with Crippen molar-refractivity contribution in [3.05, 3.63) is 11.1 Å². The largest absolute Gasteiger partial charge is 0.444 e. The lowest BCUT2D eigenvalue weighted by Gasteiger charge is -2.41. The van der Waals surface area contributed by atoms with E-state index >= 15 is 0 Å². The van der Waals surface area contributed by atoms with Gasteiger partial charge in [-0.15, -0.1) is 0 Å². The summed E-state index contributed by atoms with van der Waals surface area (Å²) in [6.45, 7) is 9.99. The van der Waals surface area contributed by atoms with E-state index in [1.165, 1.54) is 6.20 Å². The maximum Gasteiger partial charge on any atom is 0.408 e. The number of nitrogens with one attached hydrogen (secondary N) is 3. The molecule has 1 aliphatic carbocycles. The minimum atomic E-state index is -3.08. The first-order valence-corrected chi connectivity index (χ1v) is 15.5. The Kier molecular flexibility index (Phi) is 10.3. The molecule has 3 fully saturated rings. The van der Waals surface area contributed by atoms with Crippen molar-refractivity contribution in [2.24, 2.45) is 11.8 Å². The highest BCUT2D eigenvalue weighted by molar-refractivity contribution is 7.15. The van der Waals surface area contributed by atoms with Gasteiger partial charge in [0.05, 0.1) is 36.7 Å². The Morgan fingerprint density at radius 1 is 1.26 bits per heavy atom. The number of carbonyl (C=O) groups excluding carboxylic acids is 3. The SMILES string of the molecule is CC1CCC([C@H](NC(=O)OC(C)(C)C)C(=O)Nc2ncc([C@@H](CN3CCO[C@H](C)C3)N3CC(F)(F)CNC3=O)s2)CC1. The van der Waals surface area contributed by atoms with Gasteiger partial charge in [0.1, 0.15) is 11.6 Å². The Bertz CT molecular complexity index is 1110. The van der Waals surface area contributed by atoms with Crippen molar-refractivity contribution in [3.63, 3.8) is 0 Å². The third kappa shape index (κ3) is 8.96. The van der Waals surface area contributed by atoms with Crippen molar-refractivity contribution in [2.45, 2.75) is 90.0 Å². The van der Waals surface area contributed by atoms with E-state index in [0.717, 1.165) is 41.9 Å². The lowest BCUT2D eigenvalue weighted by atomic mass is 9.79. The first kappa shape index (κ1) is 32.3. The third-order valence-corrected chi connectivity index (χ3v) is 8.88. The minimum Gasteiger partial charge on any atom is -0.444 e. The molecule has 2 saturated heterocycles. The molecule has 3 atom stereocenters. The number of morpholine rings is 1. The Labute approximate surface area is 250 Å². The monoisotopic (exact) mass is 614 g/mol. The molecule has 3 N–H and O–H groups in total. The van der Waals surface area contributed by atoms with Gasteiger partial charge in [-0.2, -0.15) is 0 Å². The predicted molar refractivity (Wildman–Crippen MR) is 155 cm³/mol. The number of hydrogen-bond acceptors (Lipinski definition) is 8. The maximum absolute atomic E-state index is 14.4. The van der Waals surface area contributed by atoms with Crippen LogP contribution in [0.1, 0.15) is 71.2 Å². The number of hydrogen-bond donors (Lipinski definition) is 3. The molecule has 0 bridgehead atoms. The summed E-state index contributed by atoms with van der Waals surface area (Å²) < 4.78 is 39.9. The van der Waals surface area contributed by atoms with Gasteiger partial charge in [-0.3, -0.25) is 9.69 Å². The van der Waals surface area contributed by atoms with E-state index in [4.69, 9.17) is 9.47 Å². The normalized spacial score (nSPS) is 26.6. The summed E-state index contributed by atoms with van der Waals surface area (Å²) in [5.41, 5.74) is -0.721. The highest BCUT2D eigenvalue weighted by atomic mass is 32.1. The fourth-order valence-corrected chi connectivity index (χ4v) is 6.63. The second-order valence-corrected chi connectivity index (χ2v) is 13.9. The first-order valence-electron chi connectivity index (χ1n) is 14.7. The summed E-state index contributed by atoms with van der Waals surface area (Å²) in [6.07, 6.45) is 4.31. The minimum absolute atomic E-state index is 0.0236. The Hall–Kier alpha value is -2.58. The average Bonchev–Trinajstić information content (AvgIpc) is 3.35. The number of amides is 4. The number of halogens is 2. The Morgan fingerprint density at radius 3 is 2.64 bits per heavy atom. The number of rotatable bonds is 8. The van der Waals surface area contributed by atoms with Crippen LogP contribution in [0.2, 0.25) is 0 Å². The number of carbonyl (C=O) groups is 3. The summed E-state index contributed by atoms with van der Waals surface area (Å²) in [6, 6.07) is -2.10. The zero-order valence-electron chi connectivity index (χ0n) is 25.1. The summed E-state index contributed by atoms with van der Waals surface area (Å²) in [7, 11) is 0. The number of anilines is 1. The van der Waals surface area contributed by atoms with Crippen molar-refractivity contribution < 1.29 is 32.6 Å². The molecule has 4 rings (SSSR count). The fraction of sp³-hybridized carbons (Fsp3) is 0.786. The van der Waals surface area contributed by atoms with E-state index in [1.54, 1.807) is 20.8 Å². The summed E-state index contributed by atoms with van der Waals surface area (Å²) in [4.78, 5) is 47.2. The van der Waals surface area contributed by atoms with E-state index in [9.17, 15) is 23.2 Å². The number of aromatic nitrogens is 1. The maximum atomic E-state index is 14.4. The van der Waals surface area contributed by atoms with Gasteiger partial charge < -0.3 is 30.3 Å². The average molecular weight is 615 g/mol. The number of urea groups is 1. The van der Waals surface area contributed by atoms with Crippen LogP contribution in [0.3, 0.4) is 0 Å². The molecule has 14 heteroatoms. The van der Waals surface area contributed by atoms with Crippen LogP contribution in [0, 0.1) is 11.8 Å². The van der Waals surface area contributed by atoms with Crippen molar-refractivity contribution in [3.8, 4) is 0 Å². The van der Waals surface area contributed by atoms with E-state index < -0.39 is 54.7 Å². The Balaban J connectivity index is 1.52. The van der Waals surface area contributed by atoms with E-state index in [2.05, 4.69) is 32.8 Å². The molecule has 1 saturated carbocycles. The van der Waals surface area contributed by atoms with E-state index in [1.807, 2.05) is 6.92 Å². The van der Waals surface area contributed by atoms with Gasteiger partial charge in [0.2, 0.25) is 5.91 Å². The molecule has 3 heterocycles. The zero-order valence-corrected chi connectivity index (χ0v) is 25.9.